The molecule has 0 bridgehead atoms. The van der Waals surface area contributed by atoms with E-state index in [4.69, 9.17) is 10.7 Å². The first-order valence-corrected chi connectivity index (χ1v) is 10.1. The van der Waals surface area contributed by atoms with Gasteiger partial charge in [-0.05, 0) is 18.4 Å². The number of rotatable bonds is 4. The summed E-state index contributed by atoms with van der Waals surface area (Å²) in [6, 6.07) is 10.9. The molecule has 4 rings (SSSR count). The quantitative estimate of drug-likeness (QED) is 0.909. The second-order valence-corrected chi connectivity index (χ2v) is 8.28. The van der Waals surface area contributed by atoms with E-state index < -0.39 is 0 Å². The van der Waals surface area contributed by atoms with Crippen LogP contribution in [0.25, 0.3) is 0 Å². The molecule has 1 saturated carbocycles. The molecule has 0 radical (unpaired) electrons. The van der Waals surface area contributed by atoms with Crippen LogP contribution in [0.15, 0.2) is 35.7 Å². The Hall–Kier alpha value is -1.23. The molecule has 2 atom stereocenters. The average molecular weight is 342 g/mol. The van der Waals surface area contributed by atoms with Crippen molar-refractivity contribution in [1.29, 1.82) is 0 Å². The van der Waals surface area contributed by atoms with Gasteiger partial charge in [0.15, 0.2) is 0 Å². The van der Waals surface area contributed by atoms with Crippen LogP contribution in [0, 0.1) is 0 Å². The summed E-state index contributed by atoms with van der Waals surface area (Å²) in [6.45, 7) is 2.96. The Kier molecular flexibility index (Phi) is 4.97. The van der Waals surface area contributed by atoms with Gasteiger partial charge in [-0.25, -0.2) is 4.98 Å². The minimum atomic E-state index is 0.226. The third-order valence-corrected chi connectivity index (χ3v) is 6.63. The normalized spacial score (nSPS) is 26.0. The molecule has 1 saturated heterocycles. The zero-order valence-electron chi connectivity index (χ0n) is 14.2. The zero-order chi connectivity index (χ0) is 16.4. The lowest BCUT2D eigenvalue weighted by molar-refractivity contribution is 0.319. The Morgan fingerprint density at radius 1 is 1.08 bits per heavy atom. The molecular formula is C20H27N3S. The fraction of sp³-hybridized carbons (Fsp3) is 0.550. The molecular weight excluding hydrogens is 314 g/mol. The molecule has 1 aromatic heterocycles. The van der Waals surface area contributed by atoms with Gasteiger partial charge in [-0.15, -0.1) is 11.3 Å². The van der Waals surface area contributed by atoms with Crippen LogP contribution in [0.2, 0.25) is 0 Å². The Balaban J connectivity index is 1.38. The molecule has 0 unspecified atom stereocenters. The molecule has 2 aliphatic rings. The highest BCUT2D eigenvalue weighted by molar-refractivity contribution is 7.09. The predicted molar refractivity (Wildman–Crippen MR) is 100 cm³/mol. The minimum absolute atomic E-state index is 0.226. The SMILES string of the molecule is N[C@@H]1CN(Cc2csc(C3CCCCC3)n2)C[C@H]1c1ccccc1. The fourth-order valence-electron chi connectivity index (χ4n) is 4.26. The molecule has 1 aliphatic carbocycles. The number of aromatic nitrogens is 1. The van der Waals surface area contributed by atoms with Crippen molar-refractivity contribution < 1.29 is 0 Å². The number of likely N-dealkylation sites (tertiary alicyclic amines) is 1. The van der Waals surface area contributed by atoms with Gasteiger partial charge in [-0.3, -0.25) is 4.90 Å². The summed E-state index contributed by atoms with van der Waals surface area (Å²) in [6.07, 6.45) is 6.81. The minimum Gasteiger partial charge on any atom is -0.326 e. The lowest BCUT2D eigenvalue weighted by atomic mass is 9.90. The lowest BCUT2D eigenvalue weighted by Crippen LogP contribution is -2.28. The summed E-state index contributed by atoms with van der Waals surface area (Å²) in [5.41, 5.74) is 9.02. The van der Waals surface area contributed by atoms with Crippen LogP contribution in [0.5, 0.6) is 0 Å². The van der Waals surface area contributed by atoms with Gasteiger partial charge < -0.3 is 5.73 Å². The number of benzene rings is 1. The number of hydrogen-bond donors (Lipinski definition) is 1. The van der Waals surface area contributed by atoms with Gasteiger partial charge in [0.1, 0.15) is 0 Å². The van der Waals surface area contributed by atoms with E-state index in [-0.39, 0.29) is 6.04 Å². The van der Waals surface area contributed by atoms with Gasteiger partial charge in [0.2, 0.25) is 0 Å². The summed E-state index contributed by atoms with van der Waals surface area (Å²) in [7, 11) is 0. The number of nitrogens with two attached hydrogens (primary N) is 1. The zero-order valence-corrected chi connectivity index (χ0v) is 15.0. The third kappa shape index (κ3) is 3.56. The summed E-state index contributed by atoms with van der Waals surface area (Å²) in [5.74, 6) is 1.16. The van der Waals surface area contributed by atoms with E-state index in [0.29, 0.717) is 5.92 Å². The molecule has 2 fully saturated rings. The van der Waals surface area contributed by atoms with E-state index in [9.17, 15) is 0 Å². The molecule has 1 aromatic carbocycles. The van der Waals surface area contributed by atoms with E-state index in [1.54, 1.807) is 0 Å². The van der Waals surface area contributed by atoms with E-state index >= 15 is 0 Å². The predicted octanol–water partition coefficient (Wildman–Crippen LogP) is 4.12. The summed E-state index contributed by atoms with van der Waals surface area (Å²) >= 11 is 1.87. The van der Waals surface area contributed by atoms with Crippen molar-refractivity contribution in [1.82, 2.24) is 9.88 Å². The van der Waals surface area contributed by atoms with Crippen molar-refractivity contribution in [3.05, 3.63) is 52.0 Å². The van der Waals surface area contributed by atoms with E-state index in [2.05, 4.69) is 40.6 Å². The number of nitrogens with zero attached hydrogens (tertiary/aromatic N) is 2. The number of hydrogen-bond acceptors (Lipinski definition) is 4. The highest BCUT2D eigenvalue weighted by atomic mass is 32.1. The summed E-state index contributed by atoms with van der Waals surface area (Å²) < 4.78 is 0. The van der Waals surface area contributed by atoms with Crippen molar-refractivity contribution >= 4 is 11.3 Å². The molecule has 2 heterocycles. The van der Waals surface area contributed by atoms with Crippen LogP contribution < -0.4 is 5.73 Å². The van der Waals surface area contributed by atoms with Crippen LogP contribution in [0.4, 0.5) is 0 Å². The Labute approximate surface area is 148 Å². The van der Waals surface area contributed by atoms with Crippen molar-refractivity contribution in [3.8, 4) is 0 Å². The van der Waals surface area contributed by atoms with Gasteiger partial charge in [0.05, 0.1) is 10.7 Å². The Morgan fingerprint density at radius 3 is 2.67 bits per heavy atom. The van der Waals surface area contributed by atoms with Gasteiger partial charge >= 0.3 is 0 Å². The molecule has 128 valence electrons. The Bertz CT molecular complexity index is 648. The largest absolute Gasteiger partial charge is 0.326 e. The van der Waals surface area contributed by atoms with E-state index in [0.717, 1.165) is 25.6 Å². The third-order valence-electron chi connectivity index (χ3n) is 5.58. The van der Waals surface area contributed by atoms with Crippen LogP contribution in [0.3, 0.4) is 0 Å². The summed E-state index contributed by atoms with van der Waals surface area (Å²) in [5, 5.41) is 3.64. The molecule has 0 amide bonds. The molecule has 1 aliphatic heterocycles. The van der Waals surface area contributed by atoms with Crippen LogP contribution in [-0.4, -0.2) is 29.0 Å². The van der Waals surface area contributed by atoms with Gasteiger partial charge in [0.25, 0.3) is 0 Å². The highest BCUT2D eigenvalue weighted by Gasteiger charge is 2.31. The second-order valence-electron chi connectivity index (χ2n) is 7.39. The van der Waals surface area contributed by atoms with Crippen molar-refractivity contribution in [2.75, 3.05) is 13.1 Å². The van der Waals surface area contributed by atoms with Gasteiger partial charge in [0, 0.05) is 42.9 Å². The monoisotopic (exact) mass is 341 g/mol. The lowest BCUT2D eigenvalue weighted by Gasteiger charge is -2.19. The Morgan fingerprint density at radius 2 is 1.88 bits per heavy atom. The summed E-state index contributed by atoms with van der Waals surface area (Å²) in [4.78, 5) is 7.43. The average Bonchev–Trinajstić information content (AvgIpc) is 3.23. The first kappa shape index (κ1) is 16.2. The molecule has 0 spiro atoms. The highest BCUT2D eigenvalue weighted by Crippen LogP contribution is 2.35. The second kappa shape index (κ2) is 7.34. The molecule has 2 aromatic rings. The van der Waals surface area contributed by atoms with Crippen LogP contribution in [-0.2, 0) is 6.54 Å². The van der Waals surface area contributed by atoms with Crippen molar-refractivity contribution in [2.24, 2.45) is 5.73 Å². The smallest absolute Gasteiger partial charge is 0.0959 e. The van der Waals surface area contributed by atoms with Crippen LogP contribution in [0.1, 0.15) is 60.2 Å². The topological polar surface area (TPSA) is 42.1 Å². The molecule has 2 N–H and O–H groups in total. The van der Waals surface area contributed by atoms with E-state index in [1.807, 2.05) is 11.3 Å². The van der Waals surface area contributed by atoms with Gasteiger partial charge in [-0.2, -0.15) is 0 Å². The maximum Gasteiger partial charge on any atom is 0.0959 e. The molecule has 24 heavy (non-hydrogen) atoms. The van der Waals surface area contributed by atoms with Crippen LogP contribution >= 0.6 is 11.3 Å². The molecule has 4 heteroatoms. The maximum absolute atomic E-state index is 6.42. The first-order valence-electron chi connectivity index (χ1n) is 9.27. The maximum atomic E-state index is 6.42. The standard InChI is InChI=1S/C20H27N3S/c21-19-13-23(12-18(19)15-7-3-1-4-8-15)11-17-14-24-20(22-17)16-9-5-2-6-10-16/h1,3-4,7-8,14,16,18-19H,2,5-6,9-13,21H2/t18-,19+/m0/s1. The first-order chi connectivity index (χ1) is 11.8. The van der Waals surface area contributed by atoms with Crippen molar-refractivity contribution in [2.45, 2.75) is 56.5 Å². The number of thiazole rings is 1. The van der Waals surface area contributed by atoms with E-state index in [1.165, 1.54) is 48.4 Å². The van der Waals surface area contributed by atoms with Crippen molar-refractivity contribution in [3.63, 3.8) is 0 Å². The van der Waals surface area contributed by atoms with Gasteiger partial charge in [-0.1, -0.05) is 49.6 Å². The fourth-order valence-corrected chi connectivity index (χ4v) is 5.24. The molecule has 3 nitrogen and oxygen atoms in total.